The van der Waals surface area contributed by atoms with E-state index < -0.39 is 11.6 Å². The first kappa shape index (κ1) is 9.35. The lowest BCUT2D eigenvalue weighted by atomic mass is 10.1. The largest absolute Gasteiger partial charge is 0.467 e. The summed E-state index contributed by atoms with van der Waals surface area (Å²) in [7, 11) is 1.16. The van der Waals surface area contributed by atoms with Gasteiger partial charge in [-0.3, -0.25) is 0 Å². The van der Waals surface area contributed by atoms with E-state index in [4.69, 9.17) is 10.3 Å². The highest BCUT2D eigenvalue weighted by atomic mass is 16.5. The van der Waals surface area contributed by atoms with Gasteiger partial charge in [-0.2, -0.15) is 0 Å². The van der Waals surface area contributed by atoms with E-state index in [2.05, 4.69) is 4.74 Å². The third kappa shape index (κ3) is 2.30. The van der Waals surface area contributed by atoms with Crippen LogP contribution in [0.2, 0.25) is 0 Å². The minimum absolute atomic E-state index is 0.250. The molecule has 60 valence electrons. The highest BCUT2D eigenvalue weighted by Gasteiger charge is 2.30. The molecule has 0 aliphatic rings. The average Bonchev–Trinajstić information content (AvgIpc) is 1.86. The molecular weight excluding hydrogens is 138 g/mol. The lowest BCUT2D eigenvalue weighted by Crippen LogP contribution is -2.44. The molecule has 1 unspecified atom stereocenters. The second kappa shape index (κ2) is 3.50. The molecule has 0 heterocycles. The monoisotopic (exact) mass is 149 g/mol. The second-order valence-corrected chi connectivity index (χ2v) is 2.10. The predicted octanol–water partition coefficient (Wildman–Crippen LogP) is -1.11. The minimum atomic E-state index is -1.66. The minimum Gasteiger partial charge on any atom is -0.467 e. The number of rotatable bonds is 3. The molecule has 0 amide bonds. The zero-order valence-electron chi connectivity index (χ0n) is 5.92. The Balaban J connectivity index is 3.96. The number of carbonyl (C=O) groups is 1. The van der Waals surface area contributed by atoms with E-state index in [9.17, 15) is 4.79 Å². The van der Waals surface area contributed by atoms with E-state index in [0.29, 0.717) is 0 Å². The molecule has 0 aromatic carbocycles. The van der Waals surface area contributed by atoms with Gasteiger partial charge in [0.05, 0.1) is 13.7 Å². The Hall–Kier alpha value is -0.650. The fraction of sp³-hybridized carbons (Fsp3) is 0.800. The number of nitrogens with one attached hydrogen (secondary N) is 1. The lowest BCUT2D eigenvalue weighted by molar-refractivity contribution is -0.161. The number of methoxy groups -OCH3 is 1. The van der Waals surface area contributed by atoms with Gasteiger partial charge in [0.2, 0.25) is 0 Å². The van der Waals surface area contributed by atoms with Gasteiger partial charge in [-0.05, 0) is 6.92 Å². The van der Waals surface area contributed by atoms with Gasteiger partial charge in [0.15, 0.2) is 5.60 Å². The second-order valence-electron chi connectivity index (χ2n) is 2.10. The van der Waals surface area contributed by atoms with Crippen molar-refractivity contribution >= 4 is 5.97 Å². The highest BCUT2D eigenvalue weighted by Crippen LogP contribution is 2.02. The molecule has 0 aliphatic heterocycles. The summed E-state index contributed by atoms with van der Waals surface area (Å²) in [6.07, 6.45) is 0. The normalized spacial score (nSPS) is 16.0. The van der Waals surface area contributed by atoms with Crippen LogP contribution in [0.15, 0.2) is 0 Å². The Morgan fingerprint density at radius 1 is 1.80 bits per heavy atom. The van der Waals surface area contributed by atoms with Crippen LogP contribution in [0, 0.1) is 0 Å². The number of hydroxylamine groups is 1. The summed E-state index contributed by atoms with van der Waals surface area (Å²) in [6, 6.07) is 0. The maximum Gasteiger partial charge on any atom is 0.338 e. The van der Waals surface area contributed by atoms with Gasteiger partial charge in [0.1, 0.15) is 0 Å². The van der Waals surface area contributed by atoms with Gasteiger partial charge in [0.25, 0.3) is 0 Å². The molecule has 0 aromatic heterocycles. The van der Waals surface area contributed by atoms with E-state index in [1.54, 1.807) is 5.48 Å². The molecule has 0 fully saturated rings. The Labute approximate surface area is 58.6 Å². The zero-order valence-corrected chi connectivity index (χ0v) is 5.92. The Kier molecular flexibility index (Phi) is 3.27. The SMILES string of the molecule is COC(=O)C(C)(O)CNO. The van der Waals surface area contributed by atoms with Gasteiger partial charge < -0.3 is 15.1 Å². The molecule has 3 N–H and O–H groups in total. The summed E-state index contributed by atoms with van der Waals surface area (Å²) in [5, 5.41) is 17.2. The summed E-state index contributed by atoms with van der Waals surface area (Å²) in [4.78, 5) is 10.6. The molecule has 0 aromatic rings. The van der Waals surface area contributed by atoms with Crippen LogP contribution in [0.4, 0.5) is 0 Å². The van der Waals surface area contributed by atoms with Crippen molar-refractivity contribution in [1.82, 2.24) is 5.48 Å². The summed E-state index contributed by atoms with van der Waals surface area (Å²) < 4.78 is 4.23. The van der Waals surface area contributed by atoms with Crippen LogP contribution in [0.5, 0.6) is 0 Å². The summed E-state index contributed by atoms with van der Waals surface area (Å²) >= 11 is 0. The van der Waals surface area contributed by atoms with Crippen molar-refractivity contribution in [3.63, 3.8) is 0 Å². The van der Waals surface area contributed by atoms with Crippen LogP contribution < -0.4 is 5.48 Å². The third-order valence-corrected chi connectivity index (χ3v) is 1.05. The fourth-order valence-corrected chi connectivity index (χ4v) is 0.446. The van der Waals surface area contributed by atoms with E-state index in [0.717, 1.165) is 7.11 Å². The van der Waals surface area contributed by atoms with Crippen molar-refractivity contribution in [2.75, 3.05) is 13.7 Å². The number of aliphatic hydroxyl groups is 1. The van der Waals surface area contributed by atoms with Crippen LogP contribution in [-0.4, -0.2) is 35.5 Å². The summed E-state index contributed by atoms with van der Waals surface area (Å²) in [5.41, 5.74) is 0.00917. The van der Waals surface area contributed by atoms with Crippen LogP contribution in [0.3, 0.4) is 0 Å². The molecule has 0 radical (unpaired) electrons. The smallest absolute Gasteiger partial charge is 0.338 e. The predicted molar refractivity (Wildman–Crippen MR) is 32.4 cm³/mol. The lowest BCUT2D eigenvalue weighted by Gasteiger charge is -2.18. The molecule has 5 nitrogen and oxygen atoms in total. The van der Waals surface area contributed by atoms with Crippen molar-refractivity contribution in [3.05, 3.63) is 0 Å². The zero-order chi connectivity index (χ0) is 8.20. The molecule has 0 saturated heterocycles. The number of hydrogen-bond donors (Lipinski definition) is 3. The Morgan fingerprint density at radius 2 is 2.30 bits per heavy atom. The Bertz CT molecular complexity index is 123. The molecule has 0 spiro atoms. The molecule has 0 aliphatic carbocycles. The van der Waals surface area contributed by atoms with Gasteiger partial charge in [-0.25, -0.2) is 10.3 Å². The van der Waals surface area contributed by atoms with Crippen LogP contribution >= 0.6 is 0 Å². The van der Waals surface area contributed by atoms with Crippen molar-refractivity contribution in [1.29, 1.82) is 0 Å². The number of ether oxygens (including phenoxy) is 1. The average molecular weight is 149 g/mol. The van der Waals surface area contributed by atoms with E-state index in [1.165, 1.54) is 6.92 Å². The van der Waals surface area contributed by atoms with Crippen molar-refractivity contribution in [3.8, 4) is 0 Å². The van der Waals surface area contributed by atoms with Gasteiger partial charge in [-0.15, -0.1) is 0 Å². The van der Waals surface area contributed by atoms with E-state index >= 15 is 0 Å². The molecule has 10 heavy (non-hydrogen) atoms. The van der Waals surface area contributed by atoms with E-state index in [-0.39, 0.29) is 6.54 Å². The molecule has 0 rings (SSSR count). The molecular formula is C5H11NO4. The van der Waals surface area contributed by atoms with E-state index in [1.807, 2.05) is 0 Å². The highest BCUT2D eigenvalue weighted by molar-refractivity contribution is 5.78. The molecule has 1 atom stereocenters. The number of hydrogen-bond acceptors (Lipinski definition) is 5. The fourth-order valence-electron chi connectivity index (χ4n) is 0.446. The number of carbonyl (C=O) groups excluding carboxylic acids is 1. The Morgan fingerprint density at radius 3 is 2.60 bits per heavy atom. The topological polar surface area (TPSA) is 78.8 Å². The standard InChI is InChI=1S/C5H11NO4/c1-5(8,3-6-9)4(7)10-2/h6,8-9H,3H2,1-2H3. The van der Waals surface area contributed by atoms with Crippen LogP contribution in [0.1, 0.15) is 6.92 Å². The summed E-state index contributed by atoms with van der Waals surface area (Å²) in [5.74, 6) is -0.783. The van der Waals surface area contributed by atoms with Gasteiger partial charge in [-0.1, -0.05) is 0 Å². The van der Waals surface area contributed by atoms with Gasteiger partial charge in [0, 0.05) is 0 Å². The van der Waals surface area contributed by atoms with Crippen LogP contribution in [-0.2, 0) is 9.53 Å². The molecule has 0 saturated carbocycles. The molecule has 5 heteroatoms. The van der Waals surface area contributed by atoms with Gasteiger partial charge >= 0.3 is 5.97 Å². The first-order valence-electron chi connectivity index (χ1n) is 2.72. The quantitative estimate of drug-likeness (QED) is 0.350. The number of esters is 1. The van der Waals surface area contributed by atoms with Crippen LogP contribution in [0.25, 0.3) is 0 Å². The van der Waals surface area contributed by atoms with Crippen molar-refractivity contribution < 1.29 is 19.8 Å². The maximum absolute atomic E-state index is 10.6. The van der Waals surface area contributed by atoms with Crippen molar-refractivity contribution in [2.45, 2.75) is 12.5 Å². The first-order chi connectivity index (χ1) is 4.54. The van der Waals surface area contributed by atoms with Crippen molar-refractivity contribution in [2.24, 2.45) is 0 Å². The molecule has 0 bridgehead atoms. The summed E-state index contributed by atoms with van der Waals surface area (Å²) in [6.45, 7) is 0.988. The third-order valence-electron chi connectivity index (χ3n) is 1.05. The first-order valence-corrected chi connectivity index (χ1v) is 2.72. The maximum atomic E-state index is 10.6.